The topological polar surface area (TPSA) is 58.6 Å². The summed E-state index contributed by atoms with van der Waals surface area (Å²) in [4.78, 5) is 15.2. The van der Waals surface area contributed by atoms with E-state index in [2.05, 4.69) is 10.2 Å². The van der Waals surface area contributed by atoms with E-state index in [1.54, 1.807) is 13.0 Å². The van der Waals surface area contributed by atoms with E-state index in [4.69, 9.17) is 8.83 Å². The fourth-order valence-corrected chi connectivity index (χ4v) is 3.95. The molecule has 0 bridgehead atoms. The molecule has 4 rings (SSSR count). The minimum absolute atomic E-state index is 0.0138. The Balaban J connectivity index is 1.53. The maximum absolute atomic E-state index is 13.5. The normalized spacial score (nSPS) is 16.4. The van der Waals surface area contributed by atoms with Gasteiger partial charge in [-0.25, -0.2) is 4.39 Å². The molecule has 0 aliphatic carbocycles. The van der Waals surface area contributed by atoms with E-state index >= 15 is 0 Å². The molecule has 1 N–H and O–H groups in total. The molecule has 2 aromatic heterocycles. The number of hydrogen-bond acceptors (Lipinski definition) is 4. The van der Waals surface area contributed by atoms with Gasteiger partial charge in [0.05, 0.1) is 6.04 Å². The molecule has 1 fully saturated rings. The predicted molar refractivity (Wildman–Crippen MR) is 105 cm³/mol. The molecule has 1 aromatic carbocycles. The lowest BCUT2D eigenvalue weighted by Gasteiger charge is -2.33. The van der Waals surface area contributed by atoms with Gasteiger partial charge in [0, 0.05) is 17.5 Å². The number of halogens is 1. The lowest BCUT2D eigenvalue weighted by molar-refractivity contribution is 0.0888. The molecule has 5 nitrogen and oxygen atoms in total. The molecular weight excluding hydrogens is 359 g/mol. The van der Waals surface area contributed by atoms with Gasteiger partial charge in [0.15, 0.2) is 5.76 Å². The first-order chi connectivity index (χ1) is 13.5. The van der Waals surface area contributed by atoms with Gasteiger partial charge in [-0.15, -0.1) is 0 Å². The molecule has 1 atom stereocenters. The van der Waals surface area contributed by atoms with Crippen molar-refractivity contribution in [2.24, 2.45) is 0 Å². The zero-order chi connectivity index (χ0) is 19.7. The minimum Gasteiger partial charge on any atom is -0.465 e. The third kappa shape index (κ3) is 3.69. The van der Waals surface area contributed by atoms with Crippen LogP contribution in [0.4, 0.5) is 4.39 Å². The SMILES string of the molecule is Cc1ccc([C@H](CNC(=O)c2oc3ccc(F)cc3c2C)N2CCCCC2)o1. The lowest BCUT2D eigenvalue weighted by Crippen LogP contribution is -2.40. The van der Waals surface area contributed by atoms with Crippen molar-refractivity contribution < 1.29 is 18.0 Å². The Morgan fingerprint density at radius 2 is 1.93 bits per heavy atom. The Morgan fingerprint density at radius 1 is 1.14 bits per heavy atom. The van der Waals surface area contributed by atoms with Crippen molar-refractivity contribution >= 4 is 16.9 Å². The third-order valence-corrected chi connectivity index (χ3v) is 5.48. The fourth-order valence-electron chi connectivity index (χ4n) is 3.95. The van der Waals surface area contributed by atoms with Crippen LogP contribution in [0.5, 0.6) is 0 Å². The molecule has 148 valence electrons. The van der Waals surface area contributed by atoms with Gasteiger partial charge < -0.3 is 14.2 Å². The number of piperidine rings is 1. The average molecular weight is 384 g/mol. The van der Waals surface area contributed by atoms with Crippen LogP contribution in [0, 0.1) is 19.7 Å². The van der Waals surface area contributed by atoms with Crippen LogP contribution in [-0.2, 0) is 0 Å². The molecule has 0 unspecified atom stereocenters. The fraction of sp³-hybridized carbons (Fsp3) is 0.409. The van der Waals surface area contributed by atoms with Crippen LogP contribution >= 0.6 is 0 Å². The standard InChI is InChI=1S/C22H25FN2O3/c1-14-6-8-20(27-14)18(25-10-4-3-5-11-25)13-24-22(26)21-15(2)17-12-16(23)7-9-19(17)28-21/h6-9,12,18H,3-5,10-11,13H2,1-2H3,(H,24,26)/t18-/m0/s1. The molecule has 0 radical (unpaired) electrons. The Hall–Kier alpha value is -2.60. The van der Waals surface area contributed by atoms with Gasteiger partial charge in [-0.1, -0.05) is 6.42 Å². The number of likely N-dealkylation sites (tertiary alicyclic amines) is 1. The molecule has 1 saturated heterocycles. The van der Waals surface area contributed by atoms with E-state index in [1.165, 1.54) is 18.6 Å². The number of benzene rings is 1. The molecular formula is C22H25FN2O3. The molecule has 3 aromatic rings. The summed E-state index contributed by atoms with van der Waals surface area (Å²) < 4.78 is 25.1. The van der Waals surface area contributed by atoms with Crippen molar-refractivity contribution in [3.63, 3.8) is 0 Å². The second-order valence-electron chi connectivity index (χ2n) is 7.47. The largest absolute Gasteiger partial charge is 0.465 e. The number of hydrogen-bond donors (Lipinski definition) is 1. The van der Waals surface area contributed by atoms with Gasteiger partial charge in [-0.2, -0.15) is 0 Å². The molecule has 6 heteroatoms. The van der Waals surface area contributed by atoms with Crippen LogP contribution in [0.15, 0.2) is 39.2 Å². The molecule has 0 spiro atoms. The van der Waals surface area contributed by atoms with Gasteiger partial charge in [-0.05, 0) is 70.1 Å². The van der Waals surface area contributed by atoms with Crippen LogP contribution in [0.1, 0.15) is 52.9 Å². The van der Waals surface area contributed by atoms with Crippen LogP contribution in [0.2, 0.25) is 0 Å². The summed E-state index contributed by atoms with van der Waals surface area (Å²) in [5, 5.41) is 3.62. The van der Waals surface area contributed by atoms with E-state index in [9.17, 15) is 9.18 Å². The van der Waals surface area contributed by atoms with E-state index in [-0.39, 0.29) is 23.5 Å². The number of carbonyl (C=O) groups excluding carboxylic acids is 1. The van der Waals surface area contributed by atoms with E-state index in [0.717, 1.165) is 37.5 Å². The van der Waals surface area contributed by atoms with Crippen molar-refractivity contribution in [3.8, 4) is 0 Å². The quantitative estimate of drug-likeness (QED) is 0.690. The van der Waals surface area contributed by atoms with Crippen LogP contribution < -0.4 is 5.32 Å². The number of nitrogens with one attached hydrogen (secondary N) is 1. The van der Waals surface area contributed by atoms with Gasteiger partial charge in [-0.3, -0.25) is 9.69 Å². The highest BCUT2D eigenvalue weighted by atomic mass is 19.1. The smallest absolute Gasteiger partial charge is 0.287 e. The zero-order valence-electron chi connectivity index (χ0n) is 16.3. The summed E-state index contributed by atoms with van der Waals surface area (Å²) in [6, 6.07) is 8.20. The third-order valence-electron chi connectivity index (χ3n) is 5.48. The Kier molecular flexibility index (Phi) is 5.22. The van der Waals surface area contributed by atoms with E-state index < -0.39 is 0 Å². The van der Waals surface area contributed by atoms with Gasteiger partial charge in [0.25, 0.3) is 5.91 Å². The predicted octanol–water partition coefficient (Wildman–Crippen LogP) is 4.74. The molecule has 1 aliphatic rings. The first kappa shape index (κ1) is 18.7. The molecule has 28 heavy (non-hydrogen) atoms. The van der Waals surface area contributed by atoms with E-state index in [1.807, 2.05) is 19.1 Å². The first-order valence-electron chi connectivity index (χ1n) is 9.80. The van der Waals surface area contributed by atoms with E-state index in [0.29, 0.717) is 23.1 Å². The summed E-state index contributed by atoms with van der Waals surface area (Å²) in [6.45, 7) is 6.10. The highest BCUT2D eigenvalue weighted by Gasteiger charge is 2.26. The Morgan fingerprint density at radius 3 is 2.64 bits per heavy atom. The van der Waals surface area contributed by atoms with Crippen molar-refractivity contribution in [1.29, 1.82) is 0 Å². The van der Waals surface area contributed by atoms with Gasteiger partial charge in [0.1, 0.15) is 22.9 Å². The number of nitrogens with zero attached hydrogens (tertiary/aromatic N) is 1. The average Bonchev–Trinajstić information content (AvgIpc) is 3.26. The summed E-state index contributed by atoms with van der Waals surface area (Å²) in [7, 11) is 0. The molecule has 1 amide bonds. The number of aryl methyl sites for hydroxylation is 2. The van der Waals surface area contributed by atoms with Crippen LogP contribution in [0.3, 0.4) is 0 Å². The number of carbonyl (C=O) groups is 1. The maximum atomic E-state index is 13.5. The Bertz CT molecular complexity index is 985. The highest BCUT2D eigenvalue weighted by Crippen LogP contribution is 2.28. The highest BCUT2D eigenvalue weighted by molar-refractivity contribution is 5.98. The van der Waals surface area contributed by atoms with Crippen molar-refractivity contribution in [2.75, 3.05) is 19.6 Å². The van der Waals surface area contributed by atoms with Crippen LogP contribution in [-0.4, -0.2) is 30.4 Å². The second-order valence-corrected chi connectivity index (χ2v) is 7.47. The summed E-state index contributed by atoms with van der Waals surface area (Å²) in [6.07, 6.45) is 3.54. The Labute approximate surface area is 163 Å². The number of rotatable bonds is 5. The summed E-state index contributed by atoms with van der Waals surface area (Å²) >= 11 is 0. The number of furan rings is 2. The van der Waals surface area contributed by atoms with Crippen molar-refractivity contribution in [1.82, 2.24) is 10.2 Å². The first-order valence-corrected chi connectivity index (χ1v) is 9.80. The maximum Gasteiger partial charge on any atom is 0.287 e. The van der Waals surface area contributed by atoms with Gasteiger partial charge in [0.2, 0.25) is 0 Å². The van der Waals surface area contributed by atoms with Crippen molar-refractivity contribution in [2.45, 2.75) is 39.2 Å². The summed E-state index contributed by atoms with van der Waals surface area (Å²) in [5.74, 6) is 1.32. The van der Waals surface area contributed by atoms with Crippen molar-refractivity contribution in [3.05, 3.63) is 59.0 Å². The summed E-state index contributed by atoms with van der Waals surface area (Å²) in [5.41, 5.74) is 1.16. The zero-order valence-corrected chi connectivity index (χ0v) is 16.3. The van der Waals surface area contributed by atoms with Gasteiger partial charge >= 0.3 is 0 Å². The van der Waals surface area contributed by atoms with Crippen LogP contribution in [0.25, 0.3) is 11.0 Å². The minimum atomic E-state index is -0.346. The molecule has 0 saturated carbocycles. The monoisotopic (exact) mass is 384 g/mol. The molecule has 3 heterocycles. The number of amides is 1. The number of fused-ring (bicyclic) bond motifs is 1. The lowest BCUT2D eigenvalue weighted by atomic mass is 10.1. The molecule has 1 aliphatic heterocycles. The second kappa shape index (κ2) is 7.80.